The van der Waals surface area contributed by atoms with Gasteiger partial charge in [-0.1, -0.05) is 20.3 Å². The van der Waals surface area contributed by atoms with Crippen molar-refractivity contribution in [3.05, 3.63) is 0 Å². The molecule has 0 saturated carbocycles. The normalized spacial score (nSPS) is 39.0. The minimum Gasteiger partial charge on any atom is -0.148 e. The quantitative estimate of drug-likeness (QED) is 0.652. The van der Waals surface area contributed by atoms with E-state index in [1.54, 1.807) is 0 Å². The van der Waals surface area contributed by atoms with E-state index in [9.17, 15) is 0 Å². The number of rotatable bonds is 2. The largest absolute Gasteiger partial charge is 0.148 e. The van der Waals surface area contributed by atoms with Gasteiger partial charge in [-0.3, -0.25) is 0 Å². The van der Waals surface area contributed by atoms with Crippen LogP contribution in [0, 0.1) is 5.92 Å². The zero-order valence-corrected chi connectivity index (χ0v) is 9.30. The molecule has 0 aromatic rings. The highest BCUT2D eigenvalue weighted by Gasteiger charge is 2.26. The predicted octanol–water partition coefficient (Wildman–Crippen LogP) is 3.62. The molecule has 0 aromatic carbocycles. The fraction of sp³-hybridized carbons (Fsp3) is 1.00. The van der Waals surface area contributed by atoms with Gasteiger partial charge >= 0.3 is 0 Å². The zero-order chi connectivity index (χ0) is 8.27. The maximum absolute atomic E-state index is 2.34. The maximum atomic E-state index is 2.34. The average molecular weight is 190 g/mol. The van der Waals surface area contributed by atoms with Gasteiger partial charge in [-0.2, -0.15) is 0 Å². The molecule has 0 nitrogen and oxygen atoms in total. The monoisotopic (exact) mass is 190 g/mol. The minimum absolute atomic E-state index is 0.836. The fourth-order valence-corrected chi connectivity index (χ4v) is 4.86. The zero-order valence-electron chi connectivity index (χ0n) is 7.67. The van der Waals surface area contributed by atoms with Crippen molar-refractivity contribution in [3.63, 3.8) is 0 Å². The summed E-state index contributed by atoms with van der Waals surface area (Å²) in [7, 11) is 0. The van der Waals surface area contributed by atoms with Crippen LogP contribution in [0.25, 0.3) is 0 Å². The highest BCUT2D eigenvalue weighted by molar-refractivity contribution is 8.17. The molecule has 1 rings (SSSR count). The first-order chi connectivity index (χ1) is 5.27. The van der Waals surface area contributed by atoms with Crippen LogP contribution in [-0.2, 0) is 0 Å². The Morgan fingerprint density at radius 2 is 2.00 bits per heavy atom. The third-order valence-corrected chi connectivity index (χ3v) is 5.65. The van der Waals surface area contributed by atoms with Crippen molar-refractivity contribution >= 4 is 23.5 Å². The van der Waals surface area contributed by atoms with Gasteiger partial charge in [0.1, 0.15) is 0 Å². The molecule has 1 heterocycles. The van der Waals surface area contributed by atoms with Crippen LogP contribution in [0.5, 0.6) is 0 Å². The van der Waals surface area contributed by atoms with E-state index >= 15 is 0 Å². The van der Waals surface area contributed by atoms with Crippen molar-refractivity contribution in [1.82, 2.24) is 0 Å². The van der Waals surface area contributed by atoms with Gasteiger partial charge in [0, 0.05) is 9.83 Å². The molecule has 1 unspecified atom stereocenters. The van der Waals surface area contributed by atoms with Crippen molar-refractivity contribution in [2.24, 2.45) is 5.92 Å². The predicted molar refractivity (Wildman–Crippen MR) is 57.4 cm³/mol. The van der Waals surface area contributed by atoms with Gasteiger partial charge in [-0.15, -0.1) is 23.5 Å². The topological polar surface area (TPSA) is 0 Å². The van der Waals surface area contributed by atoms with E-state index < -0.39 is 0 Å². The SMILES string of the molecule is CC[C@H]1CSC(C)S[C@H]1CC. The van der Waals surface area contributed by atoms with Crippen LogP contribution in [0.1, 0.15) is 33.6 Å². The molecule has 0 radical (unpaired) electrons. The Morgan fingerprint density at radius 3 is 2.55 bits per heavy atom. The van der Waals surface area contributed by atoms with Gasteiger partial charge in [0.15, 0.2) is 0 Å². The van der Waals surface area contributed by atoms with Gasteiger partial charge in [0.25, 0.3) is 0 Å². The van der Waals surface area contributed by atoms with Crippen LogP contribution in [0.2, 0.25) is 0 Å². The summed E-state index contributed by atoms with van der Waals surface area (Å²) in [6.07, 6.45) is 2.72. The molecule has 2 heteroatoms. The Balaban J connectivity index is 2.41. The Kier molecular flexibility index (Phi) is 4.14. The smallest absolute Gasteiger partial charge is 0.0477 e. The van der Waals surface area contributed by atoms with Crippen molar-refractivity contribution < 1.29 is 0 Å². The molecule has 1 saturated heterocycles. The Morgan fingerprint density at radius 1 is 1.27 bits per heavy atom. The van der Waals surface area contributed by atoms with Gasteiger partial charge in [0.05, 0.1) is 0 Å². The van der Waals surface area contributed by atoms with Crippen molar-refractivity contribution in [2.75, 3.05) is 5.75 Å². The van der Waals surface area contributed by atoms with E-state index in [2.05, 4.69) is 44.3 Å². The first-order valence-electron chi connectivity index (χ1n) is 4.55. The fourth-order valence-electron chi connectivity index (χ4n) is 1.57. The van der Waals surface area contributed by atoms with Crippen molar-refractivity contribution in [1.29, 1.82) is 0 Å². The van der Waals surface area contributed by atoms with Crippen LogP contribution in [-0.4, -0.2) is 15.6 Å². The molecule has 11 heavy (non-hydrogen) atoms. The standard InChI is InChI=1S/C9H18S2/c1-4-8-6-10-7(3)11-9(8)5-2/h7-9H,4-6H2,1-3H3/t7?,8-,9-/m0/s1. The first kappa shape index (κ1) is 9.79. The van der Waals surface area contributed by atoms with Crippen LogP contribution in [0.15, 0.2) is 0 Å². The van der Waals surface area contributed by atoms with E-state index in [0.717, 1.165) is 15.7 Å². The highest BCUT2D eigenvalue weighted by atomic mass is 32.2. The second-order valence-electron chi connectivity index (χ2n) is 3.15. The van der Waals surface area contributed by atoms with Crippen LogP contribution in [0.3, 0.4) is 0 Å². The Bertz CT molecular complexity index is 114. The number of hydrogen-bond acceptors (Lipinski definition) is 2. The van der Waals surface area contributed by atoms with E-state index in [0.29, 0.717) is 0 Å². The number of thioether (sulfide) groups is 2. The van der Waals surface area contributed by atoms with Crippen LogP contribution in [0.4, 0.5) is 0 Å². The average Bonchev–Trinajstić information content (AvgIpc) is 2.04. The van der Waals surface area contributed by atoms with Gasteiger partial charge in [0.2, 0.25) is 0 Å². The Hall–Kier alpha value is 0.700. The summed E-state index contributed by atoms with van der Waals surface area (Å²) in [6, 6.07) is 0. The summed E-state index contributed by atoms with van der Waals surface area (Å²) in [6.45, 7) is 6.98. The molecule has 66 valence electrons. The van der Waals surface area contributed by atoms with E-state index in [1.807, 2.05) is 0 Å². The lowest BCUT2D eigenvalue weighted by molar-refractivity contribution is 0.529. The third kappa shape index (κ3) is 2.59. The summed E-state index contributed by atoms with van der Waals surface area (Å²) < 4.78 is 0.836. The van der Waals surface area contributed by atoms with E-state index in [-0.39, 0.29) is 0 Å². The summed E-state index contributed by atoms with van der Waals surface area (Å²) in [4.78, 5) is 0. The summed E-state index contributed by atoms with van der Waals surface area (Å²) >= 11 is 4.31. The Labute approximate surface area is 78.9 Å². The van der Waals surface area contributed by atoms with E-state index in [1.165, 1.54) is 18.6 Å². The minimum atomic E-state index is 0.836. The molecule has 0 N–H and O–H groups in total. The van der Waals surface area contributed by atoms with Crippen LogP contribution >= 0.6 is 23.5 Å². The summed E-state index contributed by atoms with van der Waals surface area (Å²) in [5.41, 5.74) is 0. The molecule has 1 aliphatic rings. The third-order valence-electron chi connectivity index (χ3n) is 2.36. The lowest BCUT2D eigenvalue weighted by Gasteiger charge is -2.32. The molecular formula is C9H18S2. The summed E-state index contributed by atoms with van der Waals surface area (Å²) in [5.74, 6) is 2.37. The van der Waals surface area contributed by atoms with Gasteiger partial charge in [-0.25, -0.2) is 0 Å². The molecule has 3 atom stereocenters. The lowest BCUT2D eigenvalue weighted by Crippen LogP contribution is -2.25. The van der Waals surface area contributed by atoms with Gasteiger partial charge in [-0.05, 0) is 25.0 Å². The molecule has 1 fully saturated rings. The van der Waals surface area contributed by atoms with E-state index in [4.69, 9.17) is 0 Å². The molecule has 0 bridgehead atoms. The van der Waals surface area contributed by atoms with Crippen molar-refractivity contribution in [3.8, 4) is 0 Å². The highest BCUT2D eigenvalue weighted by Crippen LogP contribution is 2.41. The molecule has 0 spiro atoms. The maximum Gasteiger partial charge on any atom is 0.0477 e. The van der Waals surface area contributed by atoms with Gasteiger partial charge < -0.3 is 0 Å². The molecule has 0 aromatic heterocycles. The summed E-state index contributed by atoms with van der Waals surface area (Å²) in [5, 5.41) is 0.941. The number of hydrogen-bond donors (Lipinski definition) is 0. The molecule has 1 aliphatic heterocycles. The second-order valence-corrected chi connectivity index (χ2v) is 6.41. The first-order valence-corrected chi connectivity index (χ1v) is 6.54. The molecule has 0 amide bonds. The van der Waals surface area contributed by atoms with Crippen LogP contribution < -0.4 is 0 Å². The van der Waals surface area contributed by atoms with Crippen molar-refractivity contribution in [2.45, 2.75) is 43.4 Å². The lowest BCUT2D eigenvalue weighted by atomic mass is 10.0. The molecule has 0 aliphatic carbocycles. The molecular weight excluding hydrogens is 172 g/mol. The second kappa shape index (κ2) is 4.66.